The van der Waals surface area contributed by atoms with Gasteiger partial charge in [-0.25, -0.2) is 4.79 Å². The van der Waals surface area contributed by atoms with Gasteiger partial charge in [-0.3, -0.25) is 0 Å². The molecule has 24 heavy (non-hydrogen) atoms. The number of nitrogens with one attached hydrogen (secondary N) is 1. The Kier molecular flexibility index (Phi) is 3.48. The molecule has 1 saturated heterocycles. The molecule has 4 rings (SSSR count). The Morgan fingerprint density at radius 1 is 1.21 bits per heavy atom. The largest absolute Gasteiger partial charge is 0.465 e. The third-order valence-electron chi connectivity index (χ3n) is 5.62. The second-order valence-corrected chi connectivity index (χ2v) is 6.78. The minimum atomic E-state index is -0.290. The number of methoxy groups -OCH3 is 1. The van der Waals surface area contributed by atoms with E-state index in [1.807, 2.05) is 24.3 Å². The highest BCUT2D eigenvalue weighted by molar-refractivity contribution is 5.89. The van der Waals surface area contributed by atoms with Gasteiger partial charge in [0.15, 0.2) is 0 Å². The Hall–Kier alpha value is -2.49. The molecular weight excluding hydrogens is 300 g/mol. The number of para-hydroxylation sites is 1. The number of rotatable bonds is 2. The highest BCUT2D eigenvalue weighted by Gasteiger charge is 2.48. The third kappa shape index (κ3) is 2.17. The molecule has 2 aliphatic heterocycles. The first-order valence-corrected chi connectivity index (χ1v) is 8.43. The topological polar surface area (TPSA) is 41.6 Å². The van der Waals surface area contributed by atoms with Crippen molar-refractivity contribution >= 4 is 17.3 Å². The summed E-state index contributed by atoms with van der Waals surface area (Å²) in [5, 5.41) is 3.65. The van der Waals surface area contributed by atoms with Gasteiger partial charge in [0, 0.05) is 35.9 Å². The molecule has 2 heterocycles. The zero-order valence-electron chi connectivity index (χ0n) is 14.1. The minimum Gasteiger partial charge on any atom is -0.465 e. The molecule has 1 spiro atoms. The summed E-state index contributed by atoms with van der Waals surface area (Å²) in [6, 6.07) is 16.8. The molecule has 0 bridgehead atoms. The van der Waals surface area contributed by atoms with Gasteiger partial charge in [0.05, 0.1) is 12.7 Å². The number of carbonyl (C=O) groups excluding carboxylic acids is 1. The second-order valence-electron chi connectivity index (χ2n) is 6.78. The van der Waals surface area contributed by atoms with E-state index in [1.165, 1.54) is 18.4 Å². The summed E-state index contributed by atoms with van der Waals surface area (Å²) in [5.41, 5.74) is 4.63. The number of benzene rings is 2. The highest BCUT2D eigenvalue weighted by atomic mass is 16.5. The van der Waals surface area contributed by atoms with Gasteiger partial charge >= 0.3 is 5.97 Å². The van der Waals surface area contributed by atoms with Crippen LogP contribution in [0.2, 0.25) is 0 Å². The molecule has 1 fully saturated rings. The zero-order valence-corrected chi connectivity index (χ0v) is 14.1. The van der Waals surface area contributed by atoms with Crippen molar-refractivity contribution in [3.05, 3.63) is 59.7 Å². The maximum absolute atomic E-state index is 11.6. The number of anilines is 2. The summed E-state index contributed by atoms with van der Waals surface area (Å²) in [4.78, 5) is 14.0. The van der Waals surface area contributed by atoms with Crippen molar-refractivity contribution in [1.82, 2.24) is 0 Å². The number of esters is 1. The number of hydrogen-bond donors (Lipinski definition) is 1. The average molecular weight is 322 g/mol. The Bertz CT molecular complexity index is 771. The first-order chi connectivity index (χ1) is 11.6. The van der Waals surface area contributed by atoms with Gasteiger partial charge in [0.1, 0.15) is 0 Å². The van der Waals surface area contributed by atoms with E-state index in [9.17, 15) is 4.79 Å². The number of nitrogens with zero attached hydrogens (tertiary/aromatic N) is 1. The van der Waals surface area contributed by atoms with Crippen molar-refractivity contribution < 1.29 is 9.53 Å². The fourth-order valence-electron chi connectivity index (χ4n) is 4.20. The van der Waals surface area contributed by atoms with Crippen LogP contribution < -0.4 is 10.2 Å². The molecule has 2 aromatic rings. The van der Waals surface area contributed by atoms with E-state index in [0.29, 0.717) is 11.6 Å². The molecule has 2 aromatic carbocycles. The predicted molar refractivity (Wildman–Crippen MR) is 95.8 cm³/mol. The summed E-state index contributed by atoms with van der Waals surface area (Å²) in [7, 11) is 1.41. The van der Waals surface area contributed by atoms with Crippen LogP contribution in [0.3, 0.4) is 0 Å². The predicted octanol–water partition coefficient (Wildman–Crippen LogP) is 3.44. The molecule has 1 unspecified atom stereocenters. The summed E-state index contributed by atoms with van der Waals surface area (Å²) in [6.07, 6.45) is 1.14. The fraction of sp³-hybridized carbons (Fsp3) is 0.350. The normalized spacial score (nSPS) is 24.8. The van der Waals surface area contributed by atoms with Crippen LogP contribution in [0.4, 0.5) is 11.4 Å². The number of hydrogen-bond acceptors (Lipinski definition) is 4. The van der Waals surface area contributed by atoms with Gasteiger partial charge in [-0.2, -0.15) is 0 Å². The minimum absolute atomic E-state index is 0.164. The number of ether oxygens (including phenoxy) is 1. The summed E-state index contributed by atoms with van der Waals surface area (Å²) >= 11 is 0. The number of carbonyl (C=O) groups is 1. The smallest absolute Gasteiger partial charge is 0.337 e. The van der Waals surface area contributed by atoms with Gasteiger partial charge in [0.2, 0.25) is 0 Å². The average Bonchev–Trinajstić information content (AvgIpc) is 3.18. The molecule has 4 heteroatoms. The summed E-state index contributed by atoms with van der Waals surface area (Å²) < 4.78 is 4.77. The lowest BCUT2D eigenvalue weighted by atomic mass is 9.76. The van der Waals surface area contributed by atoms with Gasteiger partial charge in [-0.1, -0.05) is 18.2 Å². The van der Waals surface area contributed by atoms with Crippen molar-refractivity contribution in [3.63, 3.8) is 0 Å². The van der Waals surface area contributed by atoms with Crippen molar-refractivity contribution in [2.75, 3.05) is 30.4 Å². The molecule has 0 saturated carbocycles. The van der Waals surface area contributed by atoms with Gasteiger partial charge in [-0.15, -0.1) is 0 Å². The van der Waals surface area contributed by atoms with Crippen LogP contribution in [-0.2, 0) is 10.2 Å². The molecule has 0 amide bonds. The van der Waals surface area contributed by atoms with E-state index in [-0.39, 0.29) is 11.4 Å². The molecule has 2 aliphatic rings. The zero-order chi connectivity index (χ0) is 16.7. The Morgan fingerprint density at radius 2 is 1.96 bits per heavy atom. The molecule has 0 aromatic heterocycles. The highest BCUT2D eigenvalue weighted by Crippen LogP contribution is 2.47. The molecule has 4 nitrogen and oxygen atoms in total. The van der Waals surface area contributed by atoms with Crippen LogP contribution >= 0.6 is 0 Å². The van der Waals surface area contributed by atoms with Crippen LogP contribution in [0, 0.1) is 0 Å². The molecule has 0 radical (unpaired) electrons. The van der Waals surface area contributed by atoms with E-state index in [0.717, 1.165) is 25.2 Å². The molecular formula is C20H22N2O2. The van der Waals surface area contributed by atoms with E-state index in [2.05, 4.69) is 41.4 Å². The van der Waals surface area contributed by atoms with Gasteiger partial charge in [0.25, 0.3) is 0 Å². The van der Waals surface area contributed by atoms with Gasteiger partial charge < -0.3 is 15.0 Å². The summed E-state index contributed by atoms with van der Waals surface area (Å²) in [6.45, 7) is 4.30. The van der Waals surface area contributed by atoms with Crippen molar-refractivity contribution in [2.45, 2.75) is 24.8 Å². The Morgan fingerprint density at radius 3 is 2.71 bits per heavy atom. The van der Waals surface area contributed by atoms with Crippen LogP contribution in [0.1, 0.15) is 29.3 Å². The second kappa shape index (κ2) is 5.55. The van der Waals surface area contributed by atoms with Crippen LogP contribution in [0.5, 0.6) is 0 Å². The SMILES string of the molecule is COC(=O)c1ccc(N2CC[C@]3(C2)c2ccccc2NC3C)cc1. The van der Waals surface area contributed by atoms with E-state index in [1.54, 1.807) is 0 Å². The monoisotopic (exact) mass is 322 g/mol. The third-order valence-corrected chi connectivity index (χ3v) is 5.62. The van der Waals surface area contributed by atoms with Gasteiger partial charge in [-0.05, 0) is 49.2 Å². The van der Waals surface area contributed by atoms with E-state index >= 15 is 0 Å². The molecule has 0 aliphatic carbocycles. The van der Waals surface area contributed by atoms with E-state index < -0.39 is 0 Å². The van der Waals surface area contributed by atoms with Crippen LogP contribution in [-0.4, -0.2) is 32.2 Å². The quantitative estimate of drug-likeness (QED) is 0.860. The fourth-order valence-corrected chi connectivity index (χ4v) is 4.20. The molecule has 124 valence electrons. The van der Waals surface area contributed by atoms with Crippen LogP contribution in [0.25, 0.3) is 0 Å². The maximum Gasteiger partial charge on any atom is 0.337 e. The van der Waals surface area contributed by atoms with Crippen molar-refractivity contribution in [2.24, 2.45) is 0 Å². The summed E-state index contributed by atoms with van der Waals surface area (Å²) in [5.74, 6) is -0.290. The van der Waals surface area contributed by atoms with Crippen molar-refractivity contribution in [3.8, 4) is 0 Å². The Balaban J connectivity index is 1.60. The Labute approximate surface area is 142 Å². The molecule has 2 atom stereocenters. The van der Waals surface area contributed by atoms with E-state index in [4.69, 9.17) is 4.74 Å². The standard InChI is InChI=1S/C20H22N2O2/c1-14-20(17-5-3-4-6-18(17)21-14)11-12-22(13-20)16-9-7-15(8-10-16)19(23)24-2/h3-10,14,21H,11-13H2,1-2H3/t14?,20-/m1/s1. The first-order valence-electron chi connectivity index (χ1n) is 8.43. The lowest BCUT2D eigenvalue weighted by Gasteiger charge is -2.30. The molecule has 1 N–H and O–H groups in total. The number of fused-ring (bicyclic) bond motifs is 2. The lowest BCUT2D eigenvalue weighted by molar-refractivity contribution is 0.0601. The van der Waals surface area contributed by atoms with Crippen LogP contribution in [0.15, 0.2) is 48.5 Å². The first kappa shape index (κ1) is 15.1. The maximum atomic E-state index is 11.6. The van der Waals surface area contributed by atoms with Crippen molar-refractivity contribution in [1.29, 1.82) is 0 Å². The lowest BCUT2D eigenvalue weighted by Crippen LogP contribution is -2.39.